The van der Waals surface area contributed by atoms with Gasteiger partial charge in [-0.2, -0.15) is 0 Å². The Balaban J connectivity index is 2.62. The molecule has 1 aliphatic carbocycles. The first kappa shape index (κ1) is 15.5. The van der Waals surface area contributed by atoms with Crippen LogP contribution in [0.5, 0.6) is 0 Å². The summed E-state index contributed by atoms with van der Waals surface area (Å²) in [5, 5.41) is 12.6. The van der Waals surface area contributed by atoms with Gasteiger partial charge in [-0.1, -0.05) is 39.0 Å². The maximum Gasteiger partial charge on any atom is 0.322 e. The Hall–Kier alpha value is -1.91. The van der Waals surface area contributed by atoms with E-state index in [-0.39, 0.29) is 23.6 Å². The molecule has 21 heavy (non-hydrogen) atoms. The number of rotatable bonds is 3. The number of allylic oxidation sites excluding steroid dienone is 3. The molecule has 0 aromatic heterocycles. The van der Waals surface area contributed by atoms with Crippen LogP contribution in [0.4, 0.5) is 0 Å². The monoisotopic (exact) mass is 290 g/mol. The number of carbonyl (C=O) groups is 2. The number of amides is 1. The fourth-order valence-corrected chi connectivity index (χ4v) is 2.99. The van der Waals surface area contributed by atoms with E-state index in [1.54, 1.807) is 19.9 Å². The van der Waals surface area contributed by atoms with Gasteiger partial charge < -0.3 is 10.4 Å². The minimum absolute atomic E-state index is 0.0143. The molecule has 5 heteroatoms. The summed E-state index contributed by atoms with van der Waals surface area (Å²) in [6.07, 6.45) is 5.45. The van der Waals surface area contributed by atoms with Crippen molar-refractivity contribution in [2.24, 2.45) is 22.2 Å². The molecule has 1 aliphatic heterocycles. The molecule has 3 unspecified atom stereocenters. The van der Waals surface area contributed by atoms with Gasteiger partial charge in [-0.05, 0) is 25.3 Å². The van der Waals surface area contributed by atoms with Crippen LogP contribution in [0.2, 0.25) is 0 Å². The Kier molecular flexibility index (Phi) is 3.56. The number of carboxylic acid groups (broad SMARTS) is 1. The predicted octanol–water partition coefficient (Wildman–Crippen LogP) is 2.15. The van der Waals surface area contributed by atoms with Gasteiger partial charge in [0, 0.05) is 5.92 Å². The van der Waals surface area contributed by atoms with Crippen molar-refractivity contribution >= 4 is 17.7 Å². The Bertz CT molecular complexity index is 588. The van der Waals surface area contributed by atoms with E-state index in [4.69, 9.17) is 0 Å². The van der Waals surface area contributed by atoms with Gasteiger partial charge in [0.15, 0.2) is 5.41 Å². The molecule has 0 spiro atoms. The van der Waals surface area contributed by atoms with Crippen LogP contribution in [0.15, 0.2) is 28.8 Å². The lowest BCUT2D eigenvalue weighted by molar-refractivity contribution is -0.144. The fourth-order valence-electron chi connectivity index (χ4n) is 2.99. The second-order valence-electron chi connectivity index (χ2n) is 6.35. The van der Waals surface area contributed by atoms with Gasteiger partial charge in [-0.15, -0.1) is 0 Å². The predicted molar refractivity (Wildman–Crippen MR) is 81.0 cm³/mol. The van der Waals surface area contributed by atoms with E-state index < -0.39 is 16.9 Å². The van der Waals surface area contributed by atoms with Crippen molar-refractivity contribution in [2.45, 2.75) is 40.2 Å². The lowest BCUT2D eigenvalue weighted by Crippen LogP contribution is -2.51. The number of nitrogens with zero attached hydrogens (tertiary/aromatic N) is 1. The largest absolute Gasteiger partial charge is 0.480 e. The Labute approximate surface area is 124 Å². The van der Waals surface area contributed by atoms with Crippen LogP contribution < -0.4 is 5.32 Å². The zero-order chi connectivity index (χ0) is 16.0. The van der Waals surface area contributed by atoms with Gasteiger partial charge in [-0.3, -0.25) is 14.6 Å². The summed E-state index contributed by atoms with van der Waals surface area (Å²) in [7, 11) is 0. The molecular formula is C16H22N2O3. The molecule has 0 radical (unpaired) electrons. The summed E-state index contributed by atoms with van der Waals surface area (Å²) >= 11 is 0. The maximum atomic E-state index is 12.3. The van der Waals surface area contributed by atoms with Crippen molar-refractivity contribution in [1.29, 1.82) is 0 Å². The molecule has 0 fully saturated rings. The number of carboxylic acids is 1. The molecule has 1 amide bonds. The summed E-state index contributed by atoms with van der Waals surface area (Å²) in [6, 6.07) is 0. The quantitative estimate of drug-likeness (QED) is 0.836. The van der Waals surface area contributed by atoms with E-state index in [9.17, 15) is 14.7 Å². The molecule has 0 bridgehead atoms. The second-order valence-corrected chi connectivity index (χ2v) is 6.35. The number of carbonyl (C=O) groups excluding carboxylic acids is 1. The van der Waals surface area contributed by atoms with Crippen molar-refractivity contribution in [2.75, 3.05) is 0 Å². The van der Waals surface area contributed by atoms with Crippen LogP contribution in [0.25, 0.3) is 0 Å². The Morgan fingerprint density at radius 3 is 2.52 bits per heavy atom. The van der Waals surface area contributed by atoms with Crippen LogP contribution in [-0.4, -0.2) is 28.4 Å². The lowest BCUT2D eigenvalue weighted by atomic mass is 9.67. The molecular weight excluding hydrogens is 268 g/mol. The molecule has 1 heterocycles. The summed E-state index contributed by atoms with van der Waals surface area (Å²) in [5.41, 5.74) is -1.53. The average Bonchev–Trinajstić information content (AvgIpc) is 2.67. The number of aliphatic carboxylic acids is 1. The van der Waals surface area contributed by atoms with E-state index in [2.05, 4.69) is 10.3 Å². The lowest BCUT2D eigenvalue weighted by Gasteiger charge is -2.36. The second kappa shape index (κ2) is 4.83. The molecule has 3 atom stereocenters. The molecule has 0 saturated heterocycles. The van der Waals surface area contributed by atoms with E-state index in [1.165, 1.54) is 0 Å². The maximum absolute atomic E-state index is 12.3. The highest BCUT2D eigenvalue weighted by Crippen LogP contribution is 2.43. The summed E-state index contributed by atoms with van der Waals surface area (Å²) in [6.45, 7) is 9.17. The highest BCUT2D eigenvalue weighted by Gasteiger charge is 2.55. The van der Waals surface area contributed by atoms with Crippen LogP contribution in [0, 0.1) is 17.3 Å². The van der Waals surface area contributed by atoms with Crippen LogP contribution >= 0.6 is 0 Å². The van der Waals surface area contributed by atoms with E-state index in [0.717, 1.165) is 0 Å². The number of hydrogen-bond donors (Lipinski definition) is 2. The number of aliphatic imine (C=N–C) groups is 1. The first-order valence-electron chi connectivity index (χ1n) is 7.18. The molecule has 5 nitrogen and oxygen atoms in total. The van der Waals surface area contributed by atoms with E-state index in [0.29, 0.717) is 5.57 Å². The minimum atomic E-state index is -1.29. The zero-order valence-corrected chi connectivity index (χ0v) is 13.1. The molecule has 0 aromatic rings. The minimum Gasteiger partial charge on any atom is -0.480 e. The number of amidine groups is 1. The highest BCUT2D eigenvalue weighted by atomic mass is 16.4. The molecule has 0 saturated carbocycles. The third-order valence-corrected chi connectivity index (χ3v) is 4.92. The van der Waals surface area contributed by atoms with Gasteiger partial charge in [-0.25, -0.2) is 0 Å². The Morgan fingerprint density at radius 1 is 1.48 bits per heavy atom. The smallest absolute Gasteiger partial charge is 0.322 e. The molecule has 0 aromatic carbocycles. The van der Waals surface area contributed by atoms with Gasteiger partial charge in [0.05, 0.1) is 0 Å². The molecule has 114 valence electrons. The van der Waals surface area contributed by atoms with Crippen LogP contribution in [0.1, 0.15) is 34.6 Å². The van der Waals surface area contributed by atoms with Crippen molar-refractivity contribution in [3.05, 3.63) is 23.8 Å². The third-order valence-electron chi connectivity index (χ3n) is 4.92. The average molecular weight is 290 g/mol. The van der Waals surface area contributed by atoms with Crippen LogP contribution in [-0.2, 0) is 9.59 Å². The summed E-state index contributed by atoms with van der Waals surface area (Å²) < 4.78 is 0. The molecule has 2 aliphatic rings. The van der Waals surface area contributed by atoms with Gasteiger partial charge in [0.1, 0.15) is 11.4 Å². The zero-order valence-electron chi connectivity index (χ0n) is 13.1. The summed E-state index contributed by atoms with van der Waals surface area (Å²) in [4.78, 5) is 28.9. The number of nitrogens with one attached hydrogen (secondary N) is 1. The van der Waals surface area contributed by atoms with E-state index >= 15 is 0 Å². The third kappa shape index (κ3) is 1.94. The highest BCUT2D eigenvalue weighted by molar-refractivity contribution is 6.18. The Morgan fingerprint density at radius 2 is 2.10 bits per heavy atom. The van der Waals surface area contributed by atoms with E-state index in [1.807, 2.05) is 32.9 Å². The summed E-state index contributed by atoms with van der Waals surface area (Å²) in [5.74, 6) is -1.27. The normalized spacial score (nSPS) is 35.5. The van der Waals surface area contributed by atoms with Crippen molar-refractivity contribution in [1.82, 2.24) is 5.32 Å². The standard InChI is InChI=1S/C16H22N2O3/c1-9(2)15(5)13(19)17-12(18-15)16(14(20)21)10(3)7-6-8-11(16)4/h6-10H,1-5H3,(H,20,21)(H,17,18,19). The SMILES string of the molecule is CC1=CC=CC(C)C1(C(=O)O)C1=NC(C)(C(C)C)C(=O)N1. The first-order chi connectivity index (χ1) is 9.67. The van der Waals surface area contributed by atoms with Gasteiger partial charge in [0.25, 0.3) is 5.91 Å². The number of hydrogen-bond acceptors (Lipinski definition) is 3. The van der Waals surface area contributed by atoms with Gasteiger partial charge >= 0.3 is 5.97 Å². The van der Waals surface area contributed by atoms with Crippen molar-refractivity contribution < 1.29 is 14.7 Å². The topological polar surface area (TPSA) is 78.8 Å². The van der Waals surface area contributed by atoms with Crippen molar-refractivity contribution in [3.63, 3.8) is 0 Å². The molecule has 2 N–H and O–H groups in total. The van der Waals surface area contributed by atoms with Crippen molar-refractivity contribution in [3.8, 4) is 0 Å². The first-order valence-corrected chi connectivity index (χ1v) is 7.18. The van der Waals surface area contributed by atoms with Crippen LogP contribution in [0.3, 0.4) is 0 Å². The fraction of sp³-hybridized carbons (Fsp3) is 0.562. The van der Waals surface area contributed by atoms with Gasteiger partial charge in [0.2, 0.25) is 0 Å². The molecule has 2 rings (SSSR count).